The third-order valence-electron chi connectivity index (χ3n) is 3.97. The number of rotatable bonds is 5. The second-order valence-corrected chi connectivity index (χ2v) is 6.14. The summed E-state index contributed by atoms with van der Waals surface area (Å²) in [7, 11) is 0. The van der Waals surface area contributed by atoms with E-state index in [1.807, 2.05) is 0 Å². The molecule has 0 aromatic heterocycles. The molecule has 0 nitrogen and oxygen atoms in total. The Balaban J connectivity index is 2.23. The van der Waals surface area contributed by atoms with Crippen molar-refractivity contribution in [1.29, 1.82) is 0 Å². The lowest BCUT2D eigenvalue weighted by Crippen LogP contribution is -1.97. The van der Waals surface area contributed by atoms with Crippen LogP contribution in [0.25, 0.3) is 5.57 Å². The molecule has 0 fully saturated rings. The van der Waals surface area contributed by atoms with Crippen LogP contribution in [0.2, 0.25) is 0 Å². The van der Waals surface area contributed by atoms with Gasteiger partial charge in [-0.1, -0.05) is 58.4 Å². The van der Waals surface area contributed by atoms with Crippen LogP contribution in [0.4, 0.5) is 0 Å². The summed E-state index contributed by atoms with van der Waals surface area (Å²) in [6, 6.07) is 7.14. The number of hydrogen-bond donors (Lipinski definition) is 0. The number of fused-ring (bicyclic) bond motifs is 1. The van der Waals surface area contributed by atoms with Crippen molar-refractivity contribution in [3.05, 3.63) is 41.0 Å². The SMILES string of the molecule is CCCC(C)c1ccc2c(c1)C(CC(C)C)=CC2. The van der Waals surface area contributed by atoms with Crippen LogP contribution in [-0.4, -0.2) is 0 Å². The maximum Gasteiger partial charge on any atom is -0.00854 e. The van der Waals surface area contributed by atoms with Crippen LogP contribution < -0.4 is 0 Å². The average Bonchev–Trinajstić information content (AvgIpc) is 2.71. The molecule has 1 aliphatic carbocycles. The molecule has 1 aliphatic rings. The quantitative estimate of drug-likeness (QED) is 0.632. The fraction of sp³-hybridized carbons (Fsp3) is 0.556. The lowest BCUT2D eigenvalue weighted by molar-refractivity contribution is 0.663. The van der Waals surface area contributed by atoms with E-state index in [2.05, 4.69) is 52.0 Å². The van der Waals surface area contributed by atoms with Gasteiger partial charge in [-0.25, -0.2) is 0 Å². The van der Waals surface area contributed by atoms with Gasteiger partial charge >= 0.3 is 0 Å². The lowest BCUT2D eigenvalue weighted by atomic mass is 9.91. The highest BCUT2D eigenvalue weighted by Crippen LogP contribution is 2.34. The van der Waals surface area contributed by atoms with E-state index in [0.29, 0.717) is 5.92 Å². The van der Waals surface area contributed by atoms with Gasteiger partial charge in [0, 0.05) is 0 Å². The van der Waals surface area contributed by atoms with E-state index in [1.54, 1.807) is 5.57 Å². The maximum atomic E-state index is 2.46. The van der Waals surface area contributed by atoms with Crippen LogP contribution in [0.1, 0.15) is 69.6 Å². The average molecular weight is 242 g/mol. The molecule has 0 saturated carbocycles. The molecule has 98 valence electrons. The van der Waals surface area contributed by atoms with Crippen molar-refractivity contribution in [2.45, 2.75) is 59.3 Å². The zero-order valence-electron chi connectivity index (χ0n) is 12.3. The summed E-state index contributed by atoms with van der Waals surface area (Å²) in [5, 5.41) is 0. The topological polar surface area (TPSA) is 0 Å². The van der Waals surface area contributed by atoms with Gasteiger partial charge in [0.15, 0.2) is 0 Å². The van der Waals surface area contributed by atoms with Crippen LogP contribution in [0, 0.1) is 5.92 Å². The van der Waals surface area contributed by atoms with Crippen LogP contribution in [0.3, 0.4) is 0 Å². The van der Waals surface area contributed by atoms with E-state index in [1.165, 1.54) is 36.0 Å². The van der Waals surface area contributed by atoms with E-state index >= 15 is 0 Å². The van der Waals surface area contributed by atoms with Gasteiger partial charge in [0.2, 0.25) is 0 Å². The van der Waals surface area contributed by atoms with E-state index in [9.17, 15) is 0 Å². The molecule has 0 N–H and O–H groups in total. The highest BCUT2D eigenvalue weighted by atomic mass is 14.2. The van der Waals surface area contributed by atoms with Crippen molar-refractivity contribution in [3.63, 3.8) is 0 Å². The molecule has 0 amide bonds. The molecule has 0 spiro atoms. The van der Waals surface area contributed by atoms with E-state index in [-0.39, 0.29) is 0 Å². The molecule has 0 aliphatic heterocycles. The Hall–Kier alpha value is -1.04. The molecule has 18 heavy (non-hydrogen) atoms. The minimum Gasteiger partial charge on any atom is -0.0763 e. The molecular weight excluding hydrogens is 216 g/mol. The van der Waals surface area contributed by atoms with Gasteiger partial charge in [-0.05, 0) is 53.4 Å². The number of hydrogen-bond acceptors (Lipinski definition) is 0. The first kappa shape index (κ1) is 13.4. The minimum absolute atomic E-state index is 0.696. The maximum absolute atomic E-state index is 2.46. The first-order valence-electron chi connectivity index (χ1n) is 7.44. The second-order valence-electron chi connectivity index (χ2n) is 6.14. The first-order chi connectivity index (χ1) is 8.61. The van der Waals surface area contributed by atoms with Gasteiger partial charge in [0.05, 0.1) is 0 Å². The third-order valence-corrected chi connectivity index (χ3v) is 3.97. The van der Waals surface area contributed by atoms with Crippen molar-refractivity contribution in [3.8, 4) is 0 Å². The normalized spacial score (nSPS) is 15.7. The van der Waals surface area contributed by atoms with Crippen molar-refractivity contribution in [2.24, 2.45) is 5.92 Å². The molecule has 0 radical (unpaired) electrons. The molecule has 2 rings (SSSR count). The van der Waals surface area contributed by atoms with Crippen LogP contribution >= 0.6 is 0 Å². The lowest BCUT2D eigenvalue weighted by Gasteiger charge is -2.14. The molecular formula is C18H26. The monoisotopic (exact) mass is 242 g/mol. The molecule has 1 atom stereocenters. The highest BCUT2D eigenvalue weighted by molar-refractivity contribution is 5.73. The largest absolute Gasteiger partial charge is 0.0763 e. The fourth-order valence-corrected chi connectivity index (χ4v) is 2.95. The van der Waals surface area contributed by atoms with Gasteiger partial charge in [0.25, 0.3) is 0 Å². The fourth-order valence-electron chi connectivity index (χ4n) is 2.95. The number of allylic oxidation sites excluding steroid dienone is 2. The Labute approximate surface area is 112 Å². The minimum atomic E-state index is 0.696. The number of benzene rings is 1. The Morgan fingerprint density at radius 2 is 1.94 bits per heavy atom. The van der Waals surface area contributed by atoms with Gasteiger partial charge < -0.3 is 0 Å². The molecule has 0 bridgehead atoms. The summed E-state index contributed by atoms with van der Waals surface area (Å²) in [6.07, 6.45) is 7.35. The molecule has 1 unspecified atom stereocenters. The van der Waals surface area contributed by atoms with Crippen molar-refractivity contribution < 1.29 is 0 Å². The predicted molar refractivity (Wildman–Crippen MR) is 80.9 cm³/mol. The van der Waals surface area contributed by atoms with E-state index in [4.69, 9.17) is 0 Å². The van der Waals surface area contributed by atoms with Gasteiger partial charge in [-0.2, -0.15) is 0 Å². The summed E-state index contributed by atoms with van der Waals surface area (Å²) < 4.78 is 0. The zero-order chi connectivity index (χ0) is 13.1. The van der Waals surface area contributed by atoms with E-state index < -0.39 is 0 Å². The van der Waals surface area contributed by atoms with Crippen LogP contribution in [0.15, 0.2) is 24.3 Å². The van der Waals surface area contributed by atoms with Crippen LogP contribution in [0.5, 0.6) is 0 Å². The molecule has 0 saturated heterocycles. The standard InChI is InChI=1S/C18H26/c1-5-6-14(4)16-9-7-15-8-10-17(11-13(2)3)18(15)12-16/h7,9-10,12-14H,5-6,8,11H2,1-4H3. The summed E-state index contributed by atoms with van der Waals surface area (Å²) in [5.74, 6) is 1.44. The van der Waals surface area contributed by atoms with Gasteiger partial charge in [-0.3, -0.25) is 0 Å². The van der Waals surface area contributed by atoms with Gasteiger partial charge in [0.1, 0.15) is 0 Å². The van der Waals surface area contributed by atoms with Crippen molar-refractivity contribution >= 4 is 5.57 Å². The Bertz CT molecular complexity index is 437. The zero-order valence-corrected chi connectivity index (χ0v) is 12.3. The summed E-state index contributed by atoms with van der Waals surface area (Å²) in [4.78, 5) is 0. The highest BCUT2D eigenvalue weighted by Gasteiger charge is 2.16. The Morgan fingerprint density at radius 1 is 1.17 bits per heavy atom. The predicted octanol–water partition coefficient (Wildman–Crippen LogP) is 5.58. The molecule has 1 aromatic carbocycles. The van der Waals surface area contributed by atoms with Crippen molar-refractivity contribution in [1.82, 2.24) is 0 Å². The Morgan fingerprint density at radius 3 is 2.61 bits per heavy atom. The molecule has 0 heterocycles. The Kier molecular flexibility index (Phi) is 4.27. The molecule has 1 aromatic rings. The second kappa shape index (κ2) is 5.73. The summed E-state index contributed by atoms with van der Waals surface area (Å²) in [5.41, 5.74) is 6.15. The van der Waals surface area contributed by atoms with E-state index in [0.717, 1.165) is 12.3 Å². The van der Waals surface area contributed by atoms with Crippen LogP contribution in [-0.2, 0) is 6.42 Å². The third kappa shape index (κ3) is 2.85. The van der Waals surface area contributed by atoms with Gasteiger partial charge in [-0.15, -0.1) is 0 Å². The summed E-state index contributed by atoms with van der Waals surface area (Å²) in [6.45, 7) is 9.24. The van der Waals surface area contributed by atoms with Crippen molar-refractivity contribution in [2.75, 3.05) is 0 Å². The smallest absolute Gasteiger partial charge is 0.00854 e. The molecule has 0 heteroatoms. The first-order valence-corrected chi connectivity index (χ1v) is 7.44. The summed E-state index contributed by atoms with van der Waals surface area (Å²) >= 11 is 0.